The first-order valence-electron chi connectivity index (χ1n) is 18.3. The fourth-order valence-corrected chi connectivity index (χ4v) is 4.53. The molecule has 0 saturated heterocycles. The fraction of sp³-hybridized carbons (Fsp3) is 0.390. The van der Waals surface area contributed by atoms with Gasteiger partial charge in [-0.15, -0.1) is 0 Å². The van der Waals surface area contributed by atoms with Crippen molar-refractivity contribution in [1.82, 2.24) is 5.32 Å². The number of carboxylic acids is 5. The Bertz CT molecular complexity index is 1740. The maximum Gasteiger partial charge on any atom is 0.335 e. The molecule has 0 spiro atoms. The highest BCUT2D eigenvalue weighted by Crippen LogP contribution is 2.12. The molecule has 0 fully saturated rings. The molecule has 3 rings (SSSR count). The molecule has 318 valence electrons. The van der Waals surface area contributed by atoms with Crippen LogP contribution in [-0.2, 0) is 36.8 Å². The first kappa shape index (κ1) is 52.0. The molecule has 0 aliphatic carbocycles. The molecule has 0 aliphatic heterocycles. The number of aromatic carboxylic acids is 1. The number of carbonyl (C=O) groups is 7. The molecule has 17 heteroatoms. The van der Waals surface area contributed by atoms with E-state index in [0.29, 0.717) is 48.4 Å². The standard InChI is InChI=1S/C16H15NO3.C10H11NO4.C8H16N2O3.C7H15NO2/c17-14(16(19)20)10-11-6-8-13(9-7-11)15(18)12-4-2-1-3-5-12;11-8(10(14)15)5-6-1-3-7(4-2-6)9(12)13;1-6(11)10-5-3-2-4-7(9)8(12)13;1-5(2)3-4-6(8)7(9)10/h1-9,14H,10,17H2,(H,19,20);1-4,8H,5,11H2,(H,12,13)(H,14,15);7H,2-5,9H2,1H3,(H,10,11)(H,12,13);5-6H,3-4,8H2,1-2H3,(H,9,10). The molecule has 0 radical (unpaired) electrons. The molecular weight excluding hydrogens is 754 g/mol. The van der Waals surface area contributed by atoms with E-state index in [9.17, 15) is 33.6 Å². The highest BCUT2D eigenvalue weighted by molar-refractivity contribution is 6.08. The largest absolute Gasteiger partial charge is 0.480 e. The number of carbonyl (C=O) groups excluding carboxylic acids is 2. The van der Waals surface area contributed by atoms with Gasteiger partial charge in [0.1, 0.15) is 24.2 Å². The molecule has 0 saturated carbocycles. The van der Waals surface area contributed by atoms with Crippen LogP contribution in [0.3, 0.4) is 0 Å². The van der Waals surface area contributed by atoms with Crippen molar-refractivity contribution in [3.8, 4) is 0 Å². The molecule has 14 N–H and O–H groups in total. The quantitative estimate of drug-likeness (QED) is 0.0614. The monoisotopic (exact) mass is 811 g/mol. The van der Waals surface area contributed by atoms with Crippen LogP contribution in [0, 0.1) is 5.92 Å². The van der Waals surface area contributed by atoms with Gasteiger partial charge in [0.05, 0.1) is 5.56 Å². The molecule has 0 aliphatic rings. The van der Waals surface area contributed by atoms with Gasteiger partial charge in [-0.2, -0.15) is 0 Å². The van der Waals surface area contributed by atoms with Crippen molar-refractivity contribution >= 4 is 41.5 Å². The average Bonchev–Trinajstić information content (AvgIpc) is 3.17. The summed E-state index contributed by atoms with van der Waals surface area (Å²) >= 11 is 0. The highest BCUT2D eigenvalue weighted by atomic mass is 16.4. The lowest BCUT2D eigenvalue weighted by atomic mass is 10.00. The van der Waals surface area contributed by atoms with E-state index in [1.54, 1.807) is 48.5 Å². The number of nitrogens with two attached hydrogens (primary N) is 4. The molecule has 3 aromatic carbocycles. The Hall–Kier alpha value is -6.01. The van der Waals surface area contributed by atoms with E-state index in [4.69, 9.17) is 48.5 Å². The summed E-state index contributed by atoms with van der Waals surface area (Å²) in [5.74, 6) is -4.58. The summed E-state index contributed by atoms with van der Waals surface area (Å²) in [7, 11) is 0. The summed E-state index contributed by atoms with van der Waals surface area (Å²) in [6, 6.07) is 18.5. The zero-order valence-corrected chi connectivity index (χ0v) is 33.0. The Kier molecular flexibility index (Phi) is 25.5. The van der Waals surface area contributed by atoms with E-state index >= 15 is 0 Å². The molecule has 0 aromatic heterocycles. The Morgan fingerprint density at radius 2 is 0.914 bits per heavy atom. The smallest absolute Gasteiger partial charge is 0.335 e. The number of ketones is 1. The number of nitrogens with one attached hydrogen (secondary N) is 1. The van der Waals surface area contributed by atoms with Gasteiger partial charge >= 0.3 is 29.8 Å². The van der Waals surface area contributed by atoms with Crippen molar-refractivity contribution in [2.45, 2.75) is 89.9 Å². The third kappa shape index (κ3) is 23.8. The number of carboxylic acid groups (broad SMARTS) is 5. The summed E-state index contributed by atoms with van der Waals surface area (Å²) < 4.78 is 0. The lowest BCUT2D eigenvalue weighted by Crippen LogP contribution is -2.32. The van der Waals surface area contributed by atoms with Crippen molar-refractivity contribution < 1.29 is 59.1 Å². The molecule has 1 amide bonds. The van der Waals surface area contributed by atoms with Crippen molar-refractivity contribution in [2.75, 3.05) is 6.54 Å². The zero-order valence-electron chi connectivity index (χ0n) is 33.0. The minimum atomic E-state index is -1.07. The van der Waals surface area contributed by atoms with Crippen LogP contribution in [0.5, 0.6) is 0 Å². The fourth-order valence-electron chi connectivity index (χ4n) is 4.53. The van der Waals surface area contributed by atoms with Crippen molar-refractivity contribution in [2.24, 2.45) is 28.9 Å². The Morgan fingerprint density at radius 1 is 0.517 bits per heavy atom. The van der Waals surface area contributed by atoms with Gasteiger partial charge < -0.3 is 53.8 Å². The predicted molar refractivity (Wildman–Crippen MR) is 216 cm³/mol. The van der Waals surface area contributed by atoms with E-state index in [1.807, 2.05) is 18.2 Å². The van der Waals surface area contributed by atoms with Gasteiger partial charge in [0, 0.05) is 24.6 Å². The molecule has 0 heterocycles. The number of hydrogen-bond acceptors (Lipinski definition) is 11. The van der Waals surface area contributed by atoms with Crippen LogP contribution in [0.2, 0.25) is 0 Å². The summed E-state index contributed by atoms with van der Waals surface area (Å²) in [5, 5.41) is 45.4. The number of hydrogen-bond donors (Lipinski definition) is 10. The summed E-state index contributed by atoms with van der Waals surface area (Å²) in [4.78, 5) is 74.7. The van der Waals surface area contributed by atoms with Gasteiger partial charge in [0.15, 0.2) is 5.78 Å². The van der Waals surface area contributed by atoms with E-state index in [0.717, 1.165) is 18.4 Å². The molecular formula is C41H57N5O12. The lowest BCUT2D eigenvalue weighted by molar-refractivity contribution is -0.139. The molecule has 3 aromatic rings. The molecule has 17 nitrogen and oxygen atoms in total. The normalized spacial score (nSPS) is 12.3. The summed E-state index contributed by atoms with van der Waals surface area (Å²) in [6.45, 7) is 6.13. The number of benzene rings is 3. The Labute approximate surface area is 337 Å². The first-order valence-corrected chi connectivity index (χ1v) is 18.3. The van der Waals surface area contributed by atoms with Crippen molar-refractivity contribution in [3.05, 3.63) is 107 Å². The van der Waals surface area contributed by atoms with Gasteiger partial charge in [0.2, 0.25) is 5.91 Å². The lowest BCUT2D eigenvalue weighted by Gasteiger charge is -2.07. The Balaban J connectivity index is 0.000000773. The van der Waals surface area contributed by atoms with Crippen LogP contribution in [0.1, 0.15) is 90.3 Å². The summed E-state index contributed by atoms with van der Waals surface area (Å²) in [5.41, 5.74) is 24.2. The third-order valence-corrected chi connectivity index (χ3v) is 8.00. The number of unbranched alkanes of at least 4 members (excludes halogenated alkanes) is 1. The Morgan fingerprint density at radius 3 is 1.29 bits per heavy atom. The topological polar surface area (TPSA) is 337 Å². The first-order chi connectivity index (χ1) is 27.2. The van der Waals surface area contributed by atoms with Gasteiger partial charge in [-0.1, -0.05) is 80.6 Å². The number of amides is 1. The van der Waals surface area contributed by atoms with Crippen LogP contribution >= 0.6 is 0 Å². The van der Waals surface area contributed by atoms with E-state index in [1.165, 1.54) is 19.1 Å². The van der Waals surface area contributed by atoms with Crippen LogP contribution in [0.15, 0.2) is 78.9 Å². The second-order valence-electron chi connectivity index (χ2n) is 13.5. The predicted octanol–water partition coefficient (Wildman–Crippen LogP) is 2.75. The second-order valence-corrected chi connectivity index (χ2v) is 13.5. The van der Waals surface area contributed by atoms with Gasteiger partial charge in [0.25, 0.3) is 0 Å². The molecule has 58 heavy (non-hydrogen) atoms. The van der Waals surface area contributed by atoms with Crippen LogP contribution < -0.4 is 28.3 Å². The zero-order chi connectivity index (χ0) is 44.4. The second kappa shape index (κ2) is 28.4. The third-order valence-electron chi connectivity index (χ3n) is 8.00. The van der Waals surface area contributed by atoms with Crippen LogP contribution in [0.25, 0.3) is 0 Å². The average molecular weight is 812 g/mol. The minimum absolute atomic E-state index is 0.0558. The van der Waals surface area contributed by atoms with E-state index in [2.05, 4.69) is 19.2 Å². The maximum atomic E-state index is 12.2. The molecule has 0 bridgehead atoms. The molecule has 4 atom stereocenters. The van der Waals surface area contributed by atoms with Gasteiger partial charge in [-0.3, -0.25) is 28.8 Å². The van der Waals surface area contributed by atoms with Crippen LogP contribution in [0.4, 0.5) is 0 Å². The van der Waals surface area contributed by atoms with Gasteiger partial charge in [-0.25, -0.2) is 4.79 Å². The molecule has 4 unspecified atom stereocenters. The SMILES string of the molecule is CC(=O)NCCCCC(N)C(=O)O.CC(C)CCC(N)C(=O)O.NC(Cc1ccc(C(=O)O)cc1)C(=O)O.NC(Cc1ccc(C(=O)c2ccccc2)cc1)C(=O)O. The highest BCUT2D eigenvalue weighted by Gasteiger charge is 2.15. The van der Waals surface area contributed by atoms with Gasteiger partial charge in [-0.05, 0) is 74.1 Å². The maximum absolute atomic E-state index is 12.2. The van der Waals surface area contributed by atoms with Crippen LogP contribution in [-0.4, -0.2) is 97.8 Å². The van der Waals surface area contributed by atoms with E-state index < -0.39 is 54.0 Å². The van der Waals surface area contributed by atoms with Crippen molar-refractivity contribution in [1.29, 1.82) is 0 Å². The van der Waals surface area contributed by atoms with E-state index in [-0.39, 0.29) is 30.1 Å². The van der Waals surface area contributed by atoms with Crippen molar-refractivity contribution in [3.63, 3.8) is 0 Å². The summed E-state index contributed by atoms with van der Waals surface area (Å²) in [6.07, 6.45) is 3.83. The minimum Gasteiger partial charge on any atom is -0.480 e. The number of rotatable bonds is 19. The number of aliphatic carboxylic acids is 4.